The summed E-state index contributed by atoms with van der Waals surface area (Å²) in [4.78, 5) is 23.9. The van der Waals surface area contributed by atoms with Crippen molar-refractivity contribution in [3.05, 3.63) is 0 Å². The van der Waals surface area contributed by atoms with Crippen LogP contribution in [-0.4, -0.2) is 48.3 Å². The van der Waals surface area contributed by atoms with Gasteiger partial charge in [0.25, 0.3) is 0 Å². The first kappa shape index (κ1) is 23.2. The van der Waals surface area contributed by atoms with Crippen LogP contribution in [0.25, 0.3) is 0 Å². The quantitative estimate of drug-likeness (QED) is 0.271. The Kier molecular flexibility index (Phi) is 10.6. The predicted octanol–water partition coefficient (Wildman–Crippen LogP) is 1.63. The summed E-state index contributed by atoms with van der Waals surface area (Å²) in [6.45, 7) is 9.90. The molecule has 0 radical (unpaired) electrons. The molecule has 0 aromatic rings. The highest BCUT2D eigenvalue weighted by molar-refractivity contribution is 7.54. The van der Waals surface area contributed by atoms with E-state index in [0.717, 1.165) is 0 Å². The van der Waals surface area contributed by atoms with Crippen molar-refractivity contribution in [1.82, 2.24) is 10.2 Å². The van der Waals surface area contributed by atoms with Crippen molar-refractivity contribution in [2.24, 2.45) is 5.92 Å². The van der Waals surface area contributed by atoms with Gasteiger partial charge in [-0.05, 0) is 34.1 Å². The smallest absolute Gasteiger partial charge is 0.342 e. The highest BCUT2D eigenvalue weighted by Gasteiger charge is 2.33. The second-order valence-electron chi connectivity index (χ2n) is 6.21. The lowest BCUT2D eigenvalue weighted by molar-refractivity contribution is -0.149. The molecule has 0 saturated heterocycles. The number of rotatable bonds is 12. The zero-order valence-electron chi connectivity index (χ0n) is 15.4. The number of hydrogen-bond donors (Lipinski definition) is 3. The van der Waals surface area contributed by atoms with Gasteiger partial charge in [0, 0.05) is 12.5 Å². The van der Waals surface area contributed by atoms with Crippen LogP contribution in [0.1, 0.15) is 48.0 Å². The van der Waals surface area contributed by atoms with Crippen molar-refractivity contribution >= 4 is 19.4 Å². The van der Waals surface area contributed by atoms with E-state index in [0.29, 0.717) is 0 Å². The number of carbonyl (C=O) groups excluding carboxylic acids is 2. The van der Waals surface area contributed by atoms with Crippen LogP contribution in [0.4, 0.5) is 0 Å². The van der Waals surface area contributed by atoms with E-state index in [2.05, 4.69) is 10.2 Å². The van der Waals surface area contributed by atoms with Crippen LogP contribution < -0.4 is 10.2 Å². The monoisotopic (exact) mass is 366 g/mol. The molecule has 0 aromatic carbocycles. The van der Waals surface area contributed by atoms with Gasteiger partial charge in [-0.2, -0.15) is 0 Å². The number of hydrogen-bond acceptors (Lipinski definition) is 6. The first-order chi connectivity index (χ1) is 11.0. The average Bonchev–Trinajstić information content (AvgIpc) is 2.45. The molecule has 0 saturated carbocycles. The molecule has 142 valence electrons. The van der Waals surface area contributed by atoms with Crippen molar-refractivity contribution in [3.63, 3.8) is 0 Å². The molecule has 0 rings (SSSR count). The number of carbonyl (C=O) groups is 2. The summed E-state index contributed by atoms with van der Waals surface area (Å²) in [5.41, 5.74) is 0. The Morgan fingerprint density at radius 2 is 1.58 bits per heavy atom. The predicted molar refractivity (Wildman–Crippen MR) is 91.5 cm³/mol. The summed E-state index contributed by atoms with van der Waals surface area (Å²) in [7, 11) is -3.68. The van der Waals surface area contributed by atoms with Gasteiger partial charge in [0.15, 0.2) is 5.78 Å². The topological polar surface area (TPSA) is 114 Å². The zero-order chi connectivity index (χ0) is 18.9. The number of aliphatic hydroxyl groups excluding tert-OH is 1. The lowest BCUT2D eigenvalue weighted by Crippen LogP contribution is -2.43. The average molecular weight is 366 g/mol. The van der Waals surface area contributed by atoms with Gasteiger partial charge in [0.05, 0.1) is 18.8 Å². The molecule has 0 aliphatic carbocycles. The molecule has 0 aliphatic rings. The maximum Gasteiger partial charge on any atom is 0.342 e. The van der Waals surface area contributed by atoms with Gasteiger partial charge in [-0.1, -0.05) is 13.8 Å². The van der Waals surface area contributed by atoms with Crippen LogP contribution in [0.15, 0.2) is 0 Å². The van der Waals surface area contributed by atoms with E-state index < -0.39 is 25.7 Å². The number of nitrogens with one attached hydrogen (secondary N) is 2. The van der Waals surface area contributed by atoms with Crippen molar-refractivity contribution in [3.8, 4) is 0 Å². The Hall–Kier alpha value is -0.790. The summed E-state index contributed by atoms with van der Waals surface area (Å²) in [5, 5.41) is 14.1. The molecule has 0 bridgehead atoms. The Labute approximate surface area is 144 Å². The lowest BCUT2D eigenvalue weighted by Gasteiger charge is -2.26. The van der Waals surface area contributed by atoms with Crippen molar-refractivity contribution in [2.45, 2.75) is 66.2 Å². The van der Waals surface area contributed by atoms with E-state index in [9.17, 15) is 14.2 Å². The van der Waals surface area contributed by atoms with Crippen LogP contribution in [0, 0.1) is 5.92 Å². The van der Waals surface area contributed by atoms with Gasteiger partial charge in [-0.25, -0.2) is 10.2 Å². The summed E-state index contributed by atoms with van der Waals surface area (Å²) in [6.07, 6.45) is -0.0177. The molecule has 3 N–H and O–H groups in total. The molecule has 0 aromatic heterocycles. The maximum atomic E-state index is 12.9. The second-order valence-corrected chi connectivity index (χ2v) is 8.08. The standard InChI is InChI=1S/C15H31N2O6P/c1-10(2)14(19)12(5)16-24(21,22-9-7-8-18)17-13(6)15(20)23-11(3)4/h10-13,18H,7-9H2,1-6H3,(H2,16,17,21)/t12-,13-,24?/m0/s1. The third kappa shape index (κ3) is 8.89. The Balaban J connectivity index is 5.02. The minimum absolute atomic E-state index is 0.0162. The molecule has 0 spiro atoms. The lowest BCUT2D eigenvalue weighted by atomic mass is 10.0. The third-order valence-electron chi connectivity index (χ3n) is 3.00. The first-order valence-electron chi connectivity index (χ1n) is 8.17. The zero-order valence-corrected chi connectivity index (χ0v) is 16.3. The van der Waals surface area contributed by atoms with Crippen LogP contribution in [0.3, 0.4) is 0 Å². The number of ketones is 1. The Morgan fingerprint density at radius 1 is 1.04 bits per heavy atom. The van der Waals surface area contributed by atoms with E-state index in [4.69, 9.17) is 14.4 Å². The minimum Gasteiger partial charge on any atom is -0.462 e. The van der Waals surface area contributed by atoms with Crippen LogP contribution in [-0.2, 0) is 23.4 Å². The van der Waals surface area contributed by atoms with Gasteiger partial charge in [-0.3, -0.25) is 14.2 Å². The fraction of sp³-hybridized carbons (Fsp3) is 0.867. The van der Waals surface area contributed by atoms with Crippen LogP contribution in [0.2, 0.25) is 0 Å². The molecule has 0 aliphatic heterocycles. The van der Waals surface area contributed by atoms with Gasteiger partial charge in [-0.15, -0.1) is 0 Å². The first-order valence-corrected chi connectivity index (χ1v) is 9.80. The third-order valence-corrected chi connectivity index (χ3v) is 5.00. The molecular formula is C15H31N2O6P. The number of ether oxygens (including phenoxy) is 1. The second kappa shape index (κ2) is 10.9. The van der Waals surface area contributed by atoms with Gasteiger partial charge in [0.2, 0.25) is 0 Å². The molecule has 0 fully saturated rings. The van der Waals surface area contributed by atoms with Crippen molar-refractivity contribution < 1.29 is 28.5 Å². The summed E-state index contributed by atoms with van der Waals surface area (Å²) in [5.74, 6) is -0.928. The van der Waals surface area contributed by atoms with Crippen molar-refractivity contribution in [2.75, 3.05) is 13.2 Å². The van der Waals surface area contributed by atoms with E-state index in [-0.39, 0.29) is 37.4 Å². The highest BCUT2D eigenvalue weighted by Crippen LogP contribution is 2.39. The van der Waals surface area contributed by atoms with E-state index in [1.54, 1.807) is 34.6 Å². The van der Waals surface area contributed by atoms with E-state index in [1.807, 2.05) is 0 Å². The maximum absolute atomic E-state index is 12.9. The largest absolute Gasteiger partial charge is 0.462 e. The fourth-order valence-corrected chi connectivity index (χ4v) is 3.69. The number of aliphatic hydroxyl groups is 1. The molecule has 0 amide bonds. The number of Topliss-reactive ketones (excluding diaryl/α,β-unsaturated/α-hetero) is 1. The SMILES string of the molecule is CC(C)OC(=O)[C@H](C)NP(=O)(N[C@@H](C)C(=O)C(C)C)OCCCO. The molecule has 9 heteroatoms. The van der Waals surface area contributed by atoms with Gasteiger partial charge in [0.1, 0.15) is 6.04 Å². The van der Waals surface area contributed by atoms with E-state index >= 15 is 0 Å². The van der Waals surface area contributed by atoms with Crippen molar-refractivity contribution in [1.29, 1.82) is 0 Å². The molecular weight excluding hydrogens is 335 g/mol. The number of esters is 1. The fourth-order valence-electron chi connectivity index (χ4n) is 1.83. The minimum atomic E-state index is -3.68. The van der Waals surface area contributed by atoms with Gasteiger partial charge < -0.3 is 14.4 Å². The Morgan fingerprint density at radius 3 is 2.04 bits per heavy atom. The molecule has 3 atom stereocenters. The Bertz CT molecular complexity index is 455. The van der Waals surface area contributed by atoms with Crippen LogP contribution >= 0.6 is 7.67 Å². The van der Waals surface area contributed by atoms with E-state index in [1.165, 1.54) is 6.92 Å². The molecule has 24 heavy (non-hydrogen) atoms. The van der Waals surface area contributed by atoms with Gasteiger partial charge >= 0.3 is 13.6 Å². The summed E-state index contributed by atoms with van der Waals surface area (Å²) < 4.78 is 23.3. The highest BCUT2D eigenvalue weighted by atomic mass is 31.2. The molecule has 8 nitrogen and oxygen atoms in total. The summed E-state index contributed by atoms with van der Waals surface area (Å²) in [6, 6.07) is -1.60. The summed E-state index contributed by atoms with van der Waals surface area (Å²) >= 11 is 0. The normalized spacial score (nSPS) is 16.7. The molecule has 0 heterocycles. The van der Waals surface area contributed by atoms with Crippen LogP contribution in [0.5, 0.6) is 0 Å². The molecule has 1 unspecified atom stereocenters.